The van der Waals surface area contributed by atoms with Gasteiger partial charge in [0.05, 0.1) is 21.5 Å². The van der Waals surface area contributed by atoms with Gasteiger partial charge in [0, 0.05) is 6.20 Å². The molecule has 0 spiro atoms. The quantitative estimate of drug-likeness (QED) is 0.860. The third-order valence-electron chi connectivity index (χ3n) is 2.18. The van der Waals surface area contributed by atoms with Gasteiger partial charge in [-0.05, 0) is 41.1 Å². The zero-order valence-electron chi connectivity index (χ0n) is 9.57. The van der Waals surface area contributed by atoms with Gasteiger partial charge in [-0.3, -0.25) is 0 Å². The molecule has 1 aromatic heterocycles. The molecule has 1 aromatic carbocycles. The van der Waals surface area contributed by atoms with Gasteiger partial charge in [0.1, 0.15) is 18.1 Å². The largest absolute Gasteiger partial charge is 0.497 e. The van der Waals surface area contributed by atoms with E-state index in [1.54, 1.807) is 18.4 Å². The molecular weight excluding hydrogens is 302 g/mol. The Balaban J connectivity index is 2.04. The Bertz CT molecular complexity index is 513. The first kappa shape index (κ1) is 12.4. The maximum atomic E-state index is 5.70. The van der Waals surface area contributed by atoms with Gasteiger partial charge in [0.15, 0.2) is 0 Å². The summed E-state index contributed by atoms with van der Waals surface area (Å²) in [7, 11) is 1.64. The lowest BCUT2D eigenvalue weighted by atomic mass is 10.3. The molecule has 0 N–H and O–H groups in total. The molecule has 0 atom stereocenters. The third kappa shape index (κ3) is 3.20. The van der Waals surface area contributed by atoms with Crippen LogP contribution >= 0.6 is 27.3 Å². The fourth-order valence-corrected chi connectivity index (χ4v) is 2.53. The number of methoxy groups -OCH3 is 1. The molecule has 0 aliphatic rings. The van der Waals surface area contributed by atoms with Crippen molar-refractivity contribution in [2.45, 2.75) is 13.5 Å². The minimum atomic E-state index is 0.538. The number of halogens is 1. The monoisotopic (exact) mass is 313 g/mol. The minimum Gasteiger partial charge on any atom is -0.497 e. The predicted octanol–water partition coefficient (Wildman–Crippen LogP) is 3.80. The zero-order valence-corrected chi connectivity index (χ0v) is 12.0. The molecule has 0 unspecified atom stereocenters. The van der Waals surface area contributed by atoms with Gasteiger partial charge < -0.3 is 9.47 Å². The highest BCUT2D eigenvalue weighted by Crippen LogP contribution is 2.30. The van der Waals surface area contributed by atoms with E-state index in [2.05, 4.69) is 20.9 Å². The van der Waals surface area contributed by atoms with Crippen molar-refractivity contribution in [3.05, 3.63) is 38.8 Å². The Morgan fingerprint density at radius 3 is 2.82 bits per heavy atom. The van der Waals surface area contributed by atoms with Crippen molar-refractivity contribution in [2.75, 3.05) is 7.11 Å². The lowest BCUT2D eigenvalue weighted by molar-refractivity contribution is 0.306. The SMILES string of the molecule is COc1ccc(OCc2cnc(C)s2)c(Br)c1. The van der Waals surface area contributed by atoms with Gasteiger partial charge in [0.25, 0.3) is 0 Å². The Labute approximate surface area is 113 Å². The summed E-state index contributed by atoms with van der Waals surface area (Å²) < 4.78 is 11.7. The van der Waals surface area contributed by atoms with Gasteiger partial charge in [-0.25, -0.2) is 4.98 Å². The van der Waals surface area contributed by atoms with Crippen molar-refractivity contribution in [2.24, 2.45) is 0 Å². The summed E-state index contributed by atoms with van der Waals surface area (Å²) in [5.41, 5.74) is 0. The Hall–Kier alpha value is -1.07. The highest BCUT2D eigenvalue weighted by molar-refractivity contribution is 9.10. The van der Waals surface area contributed by atoms with Crippen molar-refractivity contribution in [1.29, 1.82) is 0 Å². The molecule has 5 heteroatoms. The summed E-state index contributed by atoms with van der Waals surface area (Å²) in [6.45, 7) is 2.52. The Morgan fingerprint density at radius 1 is 1.41 bits per heavy atom. The fourth-order valence-electron chi connectivity index (χ4n) is 1.35. The summed E-state index contributed by atoms with van der Waals surface area (Å²) >= 11 is 5.09. The molecule has 2 aromatic rings. The second-order valence-electron chi connectivity index (χ2n) is 3.43. The second-order valence-corrected chi connectivity index (χ2v) is 5.60. The van der Waals surface area contributed by atoms with E-state index in [1.165, 1.54) is 0 Å². The van der Waals surface area contributed by atoms with E-state index in [1.807, 2.05) is 31.3 Å². The number of ether oxygens (including phenoxy) is 2. The van der Waals surface area contributed by atoms with Crippen molar-refractivity contribution in [3.63, 3.8) is 0 Å². The average molecular weight is 314 g/mol. The number of hydrogen-bond acceptors (Lipinski definition) is 4. The summed E-state index contributed by atoms with van der Waals surface area (Å²) in [4.78, 5) is 5.30. The summed E-state index contributed by atoms with van der Waals surface area (Å²) in [6, 6.07) is 5.64. The molecule has 0 saturated carbocycles. The van der Waals surface area contributed by atoms with Crippen LogP contribution < -0.4 is 9.47 Å². The van der Waals surface area contributed by atoms with Gasteiger partial charge >= 0.3 is 0 Å². The lowest BCUT2D eigenvalue weighted by Gasteiger charge is -2.08. The molecule has 0 radical (unpaired) electrons. The van der Waals surface area contributed by atoms with Crippen LogP contribution in [0.4, 0.5) is 0 Å². The molecule has 0 saturated heterocycles. The highest BCUT2D eigenvalue weighted by Gasteiger charge is 2.04. The topological polar surface area (TPSA) is 31.4 Å². The Kier molecular flexibility index (Phi) is 4.02. The first-order valence-corrected chi connectivity index (χ1v) is 6.67. The summed E-state index contributed by atoms with van der Waals surface area (Å²) in [5, 5.41) is 1.05. The van der Waals surface area contributed by atoms with E-state index in [0.29, 0.717) is 6.61 Å². The fraction of sp³-hybridized carbons (Fsp3) is 0.250. The van der Waals surface area contributed by atoms with Crippen LogP contribution in [0.1, 0.15) is 9.88 Å². The lowest BCUT2D eigenvalue weighted by Crippen LogP contribution is -1.94. The van der Waals surface area contributed by atoms with Crippen LogP contribution in [0, 0.1) is 6.92 Å². The van der Waals surface area contributed by atoms with E-state index < -0.39 is 0 Å². The second kappa shape index (κ2) is 5.51. The maximum Gasteiger partial charge on any atom is 0.134 e. The number of benzene rings is 1. The number of thiazole rings is 1. The molecule has 17 heavy (non-hydrogen) atoms. The normalized spacial score (nSPS) is 10.3. The first-order chi connectivity index (χ1) is 8.19. The molecule has 0 aliphatic carbocycles. The van der Waals surface area contributed by atoms with E-state index in [-0.39, 0.29) is 0 Å². The van der Waals surface area contributed by atoms with E-state index in [0.717, 1.165) is 25.9 Å². The minimum absolute atomic E-state index is 0.538. The number of aromatic nitrogens is 1. The number of aryl methyl sites for hydroxylation is 1. The van der Waals surface area contributed by atoms with Crippen LogP contribution in [0.2, 0.25) is 0 Å². The van der Waals surface area contributed by atoms with E-state index in [9.17, 15) is 0 Å². The van der Waals surface area contributed by atoms with Crippen molar-refractivity contribution in [3.8, 4) is 11.5 Å². The van der Waals surface area contributed by atoms with Gasteiger partial charge in [0.2, 0.25) is 0 Å². The molecule has 0 fully saturated rings. The van der Waals surface area contributed by atoms with Gasteiger partial charge in [-0.2, -0.15) is 0 Å². The molecule has 0 aliphatic heterocycles. The van der Waals surface area contributed by atoms with E-state index >= 15 is 0 Å². The average Bonchev–Trinajstić information content (AvgIpc) is 2.73. The zero-order chi connectivity index (χ0) is 12.3. The molecule has 0 amide bonds. The number of hydrogen-bond donors (Lipinski definition) is 0. The smallest absolute Gasteiger partial charge is 0.134 e. The van der Waals surface area contributed by atoms with Crippen LogP contribution in [0.3, 0.4) is 0 Å². The van der Waals surface area contributed by atoms with Gasteiger partial charge in [-0.1, -0.05) is 0 Å². The van der Waals surface area contributed by atoms with Crippen LogP contribution in [-0.4, -0.2) is 12.1 Å². The molecule has 90 valence electrons. The maximum absolute atomic E-state index is 5.70. The van der Waals surface area contributed by atoms with Crippen molar-refractivity contribution in [1.82, 2.24) is 4.98 Å². The van der Waals surface area contributed by atoms with Crippen LogP contribution in [0.5, 0.6) is 11.5 Å². The van der Waals surface area contributed by atoms with Crippen LogP contribution in [0.15, 0.2) is 28.9 Å². The standard InChI is InChI=1S/C12H12BrNO2S/c1-8-14-6-10(17-8)7-16-12-4-3-9(15-2)5-11(12)13/h3-6H,7H2,1-2H3. The number of rotatable bonds is 4. The van der Waals surface area contributed by atoms with Crippen molar-refractivity contribution < 1.29 is 9.47 Å². The Morgan fingerprint density at radius 2 is 2.24 bits per heavy atom. The molecular formula is C12H12BrNO2S. The van der Waals surface area contributed by atoms with E-state index in [4.69, 9.17) is 9.47 Å². The number of nitrogens with zero attached hydrogens (tertiary/aromatic N) is 1. The summed E-state index contributed by atoms with van der Waals surface area (Å²) in [5.74, 6) is 1.61. The third-order valence-corrected chi connectivity index (χ3v) is 3.68. The molecule has 1 heterocycles. The predicted molar refractivity (Wildman–Crippen MR) is 71.9 cm³/mol. The molecule has 2 rings (SSSR count). The summed E-state index contributed by atoms with van der Waals surface area (Å²) in [6.07, 6.45) is 1.84. The molecule has 3 nitrogen and oxygen atoms in total. The molecule has 0 bridgehead atoms. The van der Waals surface area contributed by atoms with Crippen LogP contribution in [0.25, 0.3) is 0 Å². The van der Waals surface area contributed by atoms with Gasteiger partial charge in [-0.15, -0.1) is 11.3 Å². The first-order valence-electron chi connectivity index (χ1n) is 5.06. The van der Waals surface area contributed by atoms with Crippen molar-refractivity contribution >= 4 is 27.3 Å². The van der Waals surface area contributed by atoms with Crippen LogP contribution in [-0.2, 0) is 6.61 Å². The highest BCUT2D eigenvalue weighted by atomic mass is 79.9.